The fraction of sp³-hybridized carbons (Fsp3) is 0.556. The number of nitrogens with one attached hydrogen (secondary N) is 1. The van der Waals surface area contributed by atoms with Crippen LogP contribution >= 0.6 is 0 Å². The van der Waals surface area contributed by atoms with E-state index in [1.54, 1.807) is 0 Å². The third-order valence-corrected chi connectivity index (χ3v) is 5.01. The van der Waals surface area contributed by atoms with Crippen molar-refractivity contribution in [3.63, 3.8) is 0 Å². The molecule has 3 aliphatic heterocycles. The molecule has 0 spiro atoms. The summed E-state index contributed by atoms with van der Waals surface area (Å²) >= 11 is 0. The zero-order valence-electron chi connectivity index (χ0n) is 14.1. The van der Waals surface area contributed by atoms with Gasteiger partial charge in [0.05, 0.1) is 0 Å². The number of para-hydroxylation sites is 2. The highest BCUT2D eigenvalue weighted by molar-refractivity contribution is 5.90. The first kappa shape index (κ1) is 16.2. The average molecular weight is 345 g/mol. The van der Waals surface area contributed by atoms with E-state index in [4.69, 9.17) is 9.47 Å². The Bertz CT molecular complexity index is 657. The molecule has 4 rings (SSSR count). The van der Waals surface area contributed by atoms with Crippen LogP contribution in [0.4, 0.5) is 0 Å². The van der Waals surface area contributed by atoms with Crippen LogP contribution in [0.15, 0.2) is 24.3 Å². The van der Waals surface area contributed by atoms with Gasteiger partial charge in [0.2, 0.25) is 11.8 Å². The van der Waals surface area contributed by atoms with Crippen LogP contribution < -0.4 is 14.8 Å². The lowest BCUT2D eigenvalue weighted by Crippen LogP contribution is -2.55. The Kier molecular flexibility index (Phi) is 4.48. The number of nitrogens with zero attached hydrogens (tertiary/aromatic N) is 2. The number of piperazine rings is 1. The highest BCUT2D eigenvalue weighted by Crippen LogP contribution is 2.31. The van der Waals surface area contributed by atoms with Crippen molar-refractivity contribution >= 4 is 11.8 Å². The molecule has 0 bridgehead atoms. The highest BCUT2D eigenvalue weighted by Gasteiger charge is 2.33. The first-order valence-electron chi connectivity index (χ1n) is 8.88. The van der Waals surface area contributed by atoms with E-state index in [9.17, 15) is 9.59 Å². The molecule has 25 heavy (non-hydrogen) atoms. The Labute approximate surface area is 146 Å². The predicted molar refractivity (Wildman–Crippen MR) is 90.5 cm³/mol. The lowest BCUT2D eigenvalue weighted by atomic mass is 10.1. The van der Waals surface area contributed by atoms with E-state index in [1.165, 1.54) is 0 Å². The summed E-state index contributed by atoms with van der Waals surface area (Å²) < 4.78 is 11.8. The number of amides is 2. The van der Waals surface area contributed by atoms with E-state index in [0.717, 1.165) is 31.1 Å². The maximum absolute atomic E-state index is 12.4. The van der Waals surface area contributed by atoms with Crippen LogP contribution in [-0.4, -0.2) is 73.1 Å². The first-order chi connectivity index (χ1) is 12.2. The molecule has 0 radical (unpaired) electrons. The van der Waals surface area contributed by atoms with E-state index in [2.05, 4.69) is 10.2 Å². The minimum absolute atomic E-state index is 0.00581. The van der Waals surface area contributed by atoms with Crippen molar-refractivity contribution in [2.24, 2.45) is 0 Å². The summed E-state index contributed by atoms with van der Waals surface area (Å²) in [6, 6.07) is 7.39. The number of benzene rings is 1. The molecule has 2 unspecified atom stereocenters. The number of carbonyl (C=O) groups excluding carboxylic acids is 2. The van der Waals surface area contributed by atoms with Gasteiger partial charge in [-0.3, -0.25) is 14.5 Å². The number of hydrogen-bond acceptors (Lipinski definition) is 5. The second-order valence-electron chi connectivity index (χ2n) is 6.78. The molecule has 3 heterocycles. The van der Waals surface area contributed by atoms with Crippen molar-refractivity contribution in [1.82, 2.24) is 15.1 Å². The Hall–Kier alpha value is -2.28. The summed E-state index contributed by atoms with van der Waals surface area (Å²) in [7, 11) is 0. The van der Waals surface area contributed by atoms with Gasteiger partial charge in [-0.25, -0.2) is 0 Å². The topological polar surface area (TPSA) is 71.1 Å². The van der Waals surface area contributed by atoms with Gasteiger partial charge in [-0.1, -0.05) is 12.1 Å². The van der Waals surface area contributed by atoms with Crippen LogP contribution in [0.5, 0.6) is 11.5 Å². The molecule has 1 N–H and O–H groups in total. The molecule has 0 aliphatic carbocycles. The third kappa shape index (κ3) is 3.56. The standard InChI is InChI=1S/C18H23N3O4/c22-17-6-5-14(19-17)18(23)21-9-7-20(8-10-21)11-13-12-24-15-3-1-2-4-16(15)25-13/h1-4,13-14H,5-12H2,(H,19,22). The van der Waals surface area contributed by atoms with E-state index in [-0.39, 0.29) is 24.0 Å². The lowest BCUT2D eigenvalue weighted by molar-refractivity contribution is -0.136. The largest absolute Gasteiger partial charge is 0.486 e. The minimum Gasteiger partial charge on any atom is -0.486 e. The molecule has 0 aromatic heterocycles. The van der Waals surface area contributed by atoms with Crippen LogP contribution in [0.1, 0.15) is 12.8 Å². The summed E-state index contributed by atoms with van der Waals surface area (Å²) in [6.07, 6.45) is 1.08. The quantitative estimate of drug-likeness (QED) is 0.850. The van der Waals surface area contributed by atoms with Gasteiger partial charge in [0.25, 0.3) is 0 Å². The van der Waals surface area contributed by atoms with Crippen LogP contribution in [0.2, 0.25) is 0 Å². The zero-order valence-corrected chi connectivity index (χ0v) is 14.1. The smallest absolute Gasteiger partial charge is 0.245 e. The molecule has 7 nitrogen and oxygen atoms in total. The maximum atomic E-state index is 12.4. The van der Waals surface area contributed by atoms with Crippen molar-refractivity contribution < 1.29 is 19.1 Å². The fourth-order valence-electron chi connectivity index (χ4n) is 3.61. The molecular weight excluding hydrogens is 322 g/mol. The van der Waals surface area contributed by atoms with E-state index in [1.807, 2.05) is 29.2 Å². The molecule has 2 atom stereocenters. The molecular formula is C18H23N3O4. The van der Waals surface area contributed by atoms with E-state index < -0.39 is 0 Å². The van der Waals surface area contributed by atoms with Gasteiger partial charge in [-0.2, -0.15) is 0 Å². The molecule has 2 amide bonds. The highest BCUT2D eigenvalue weighted by atomic mass is 16.6. The number of fused-ring (bicyclic) bond motifs is 1. The molecule has 3 aliphatic rings. The monoisotopic (exact) mass is 345 g/mol. The third-order valence-electron chi connectivity index (χ3n) is 5.01. The predicted octanol–water partition coefficient (Wildman–Crippen LogP) is 0.249. The van der Waals surface area contributed by atoms with Crippen LogP contribution in [-0.2, 0) is 9.59 Å². The van der Waals surface area contributed by atoms with Gasteiger partial charge in [0, 0.05) is 39.1 Å². The van der Waals surface area contributed by atoms with Crippen LogP contribution in [0, 0.1) is 0 Å². The van der Waals surface area contributed by atoms with Crippen molar-refractivity contribution in [3.8, 4) is 11.5 Å². The Morgan fingerprint density at radius 2 is 1.92 bits per heavy atom. The van der Waals surface area contributed by atoms with Gasteiger partial charge in [-0.05, 0) is 18.6 Å². The molecule has 1 aromatic rings. The Morgan fingerprint density at radius 1 is 1.16 bits per heavy atom. The van der Waals surface area contributed by atoms with Gasteiger partial charge in [0.15, 0.2) is 11.5 Å². The zero-order chi connectivity index (χ0) is 17.2. The molecule has 1 aromatic carbocycles. The summed E-state index contributed by atoms with van der Waals surface area (Å²) in [5.41, 5.74) is 0. The second kappa shape index (κ2) is 6.92. The molecule has 2 fully saturated rings. The molecule has 7 heteroatoms. The molecule has 2 saturated heterocycles. The summed E-state index contributed by atoms with van der Waals surface area (Å²) in [5, 5.41) is 2.76. The van der Waals surface area contributed by atoms with Crippen LogP contribution in [0.3, 0.4) is 0 Å². The second-order valence-corrected chi connectivity index (χ2v) is 6.78. The average Bonchev–Trinajstić information content (AvgIpc) is 3.08. The summed E-state index contributed by atoms with van der Waals surface area (Å²) in [5.74, 6) is 1.63. The van der Waals surface area contributed by atoms with Crippen molar-refractivity contribution in [1.29, 1.82) is 0 Å². The SMILES string of the molecule is O=C1CCC(C(=O)N2CCN(CC3COc4ccccc4O3)CC2)N1. The number of carbonyl (C=O) groups is 2. The Balaban J connectivity index is 1.25. The van der Waals surface area contributed by atoms with Crippen molar-refractivity contribution in [2.75, 3.05) is 39.3 Å². The molecule has 0 saturated carbocycles. The lowest BCUT2D eigenvalue weighted by Gasteiger charge is -2.38. The number of hydrogen-bond donors (Lipinski definition) is 1. The normalized spacial score (nSPS) is 26.4. The summed E-state index contributed by atoms with van der Waals surface area (Å²) in [6.45, 7) is 4.34. The number of rotatable bonds is 3. The van der Waals surface area contributed by atoms with Crippen molar-refractivity contribution in [3.05, 3.63) is 24.3 Å². The van der Waals surface area contributed by atoms with Crippen molar-refractivity contribution in [2.45, 2.75) is 25.0 Å². The molecule has 134 valence electrons. The van der Waals surface area contributed by atoms with Gasteiger partial charge >= 0.3 is 0 Å². The fourth-order valence-corrected chi connectivity index (χ4v) is 3.61. The number of ether oxygens (including phenoxy) is 2. The van der Waals surface area contributed by atoms with Gasteiger partial charge < -0.3 is 19.7 Å². The maximum Gasteiger partial charge on any atom is 0.245 e. The van der Waals surface area contributed by atoms with Gasteiger partial charge in [0.1, 0.15) is 18.8 Å². The minimum atomic E-state index is -0.328. The first-order valence-corrected chi connectivity index (χ1v) is 8.88. The van der Waals surface area contributed by atoms with Crippen LogP contribution in [0.25, 0.3) is 0 Å². The summed E-state index contributed by atoms with van der Waals surface area (Å²) in [4.78, 5) is 27.9. The van der Waals surface area contributed by atoms with E-state index in [0.29, 0.717) is 32.5 Å². The van der Waals surface area contributed by atoms with Gasteiger partial charge in [-0.15, -0.1) is 0 Å². The van der Waals surface area contributed by atoms with E-state index >= 15 is 0 Å². The Morgan fingerprint density at radius 3 is 2.64 bits per heavy atom.